The first-order chi connectivity index (χ1) is 12.3. The number of aryl methyl sites for hydroxylation is 1. The molecule has 0 N–H and O–H groups in total. The Labute approximate surface area is 147 Å². The Bertz CT molecular complexity index is 829. The molecule has 1 aliphatic rings. The Morgan fingerprint density at radius 3 is 2.96 bits per heavy atom. The number of hydrogen-bond acceptors (Lipinski definition) is 5. The number of piperidine rings is 1. The van der Waals surface area contributed by atoms with Gasteiger partial charge in [0.25, 0.3) is 0 Å². The van der Waals surface area contributed by atoms with Crippen molar-refractivity contribution in [3.63, 3.8) is 0 Å². The van der Waals surface area contributed by atoms with Crippen LogP contribution in [0.5, 0.6) is 0 Å². The molecule has 0 bridgehead atoms. The first kappa shape index (κ1) is 15.9. The summed E-state index contributed by atoms with van der Waals surface area (Å²) in [6.07, 6.45) is 11.4. The minimum absolute atomic E-state index is 0.412. The van der Waals surface area contributed by atoms with Gasteiger partial charge < -0.3 is 0 Å². The maximum Gasteiger partial charge on any atom is 0.156 e. The Morgan fingerprint density at radius 2 is 2.12 bits per heavy atom. The Morgan fingerprint density at radius 1 is 1.16 bits per heavy atom. The van der Waals surface area contributed by atoms with E-state index in [2.05, 4.69) is 32.0 Å². The number of imidazole rings is 1. The van der Waals surface area contributed by atoms with Crippen LogP contribution in [0, 0.1) is 6.92 Å². The first-order valence-electron chi connectivity index (χ1n) is 8.73. The van der Waals surface area contributed by atoms with E-state index >= 15 is 0 Å². The van der Waals surface area contributed by atoms with E-state index in [-0.39, 0.29) is 0 Å². The molecule has 0 unspecified atom stereocenters. The summed E-state index contributed by atoms with van der Waals surface area (Å²) in [6, 6.07) is 6.23. The lowest BCUT2D eigenvalue weighted by atomic mass is 9.95. The van der Waals surface area contributed by atoms with Gasteiger partial charge in [-0.3, -0.25) is 19.4 Å². The van der Waals surface area contributed by atoms with E-state index in [0.29, 0.717) is 5.92 Å². The van der Waals surface area contributed by atoms with Gasteiger partial charge in [0.1, 0.15) is 6.33 Å². The van der Waals surface area contributed by atoms with Gasteiger partial charge in [0, 0.05) is 43.3 Å². The van der Waals surface area contributed by atoms with Gasteiger partial charge in [0.15, 0.2) is 5.82 Å². The first-order valence-corrected chi connectivity index (χ1v) is 8.73. The Hall–Kier alpha value is -2.60. The lowest BCUT2D eigenvalue weighted by Gasteiger charge is -2.32. The summed E-state index contributed by atoms with van der Waals surface area (Å²) < 4.78 is 1.90. The molecule has 6 nitrogen and oxygen atoms in total. The molecule has 25 heavy (non-hydrogen) atoms. The van der Waals surface area contributed by atoms with E-state index in [1.165, 1.54) is 6.42 Å². The van der Waals surface area contributed by atoms with E-state index in [1.807, 2.05) is 30.0 Å². The fourth-order valence-electron chi connectivity index (χ4n) is 3.44. The molecule has 1 atom stereocenters. The molecule has 6 heteroatoms. The Balaban J connectivity index is 1.49. The molecule has 1 fully saturated rings. The second-order valence-corrected chi connectivity index (χ2v) is 6.62. The standard InChI is InChI=1S/C19H22N6/c1-15-4-2-6-17(22-15)13-24-8-3-5-16(12-24)18-10-21-11-19(23-18)25-9-7-20-14-25/h2,4,6-7,9-11,14,16H,3,5,8,12-13H2,1H3/t16-/m1/s1. The zero-order valence-corrected chi connectivity index (χ0v) is 14.4. The molecule has 128 valence electrons. The van der Waals surface area contributed by atoms with Gasteiger partial charge in [-0.05, 0) is 38.4 Å². The summed E-state index contributed by atoms with van der Waals surface area (Å²) in [4.78, 5) is 20.4. The van der Waals surface area contributed by atoms with Crippen molar-refractivity contribution in [2.24, 2.45) is 0 Å². The SMILES string of the molecule is Cc1cccc(CN2CCC[C@@H](c3cncc(-n4ccnc4)n3)C2)n1. The normalized spacial score (nSPS) is 18.4. The van der Waals surface area contributed by atoms with Crippen molar-refractivity contribution < 1.29 is 0 Å². The summed E-state index contributed by atoms with van der Waals surface area (Å²) in [6.45, 7) is 5.05. The second-order valence-electron chi connectivity index (χ2n) is 6.62. The molecular formula is C19H22N6. The van der Waals surface area contributed by atoms with Crippen molar-refractivity contribution in [2.45, 2.75) is 32.2 Å². The smallest absolute Gasteiger partial charge is 0.156 e. The maximum absolute atomic E-state index is 4.81. The van der Waals surface area contributed by atoms with E-state index in [0.717, 1.165) is 49.0 Å². The molecule has 1 aliphatic heterocycles. The summed E-state index contributed by atoms with van der Waals surface area (Å²) >= 11 is 0. The third-order valence-corrected chi connectivity index (χ3v) is 4.66. The molecule has 0 amide bonds. The van der Waals surface area contributed by atoms with Crippen molar-refractivity contribution in [1.29, 1.82) is 0 Å². The molecule has 4 heterocycles. The van der Waals surface area contributed by atoms with Crippen LogP contribution in [0.2, 0.25) is 0 Å². The number of likely N-dealkylation sites (tertiary alicyclic amines) is 1. The predicted octanol–water partition coefficient (Wildman–Crippen LogP) is 2.75. The van der Waals surface area contributed by atoms with Crippen LogP contribution >= 0.6 is 0 Å². The van der Waals surface area contributed by atoms with Crippen molar-refractivity contribution in [3.05, 3.63) is 66.4 Å². The lowest BCUT2D eigenvalue weighted by Crippen LogP contribution is -2.34. The van der Waals surface area contributed by atoms with Crippen LogP contribution in [0.25, 0.3) is 5.82 Å². The number of aromatic nitrogens is 5. The van der Waals surface area contributed by atoms with Gasteiger partial charge in [0.2, 0.25) is 0 Å². The molecule has 4 rings (SSSR count). The molecule has 0 spiro atoms. The highest BCUT2D eigenvalue weighted by Gasteiger charge is 2.23. The number of nitrogens with zero attached hydrogens (tertiary/aromatic N) is 6. The van der Waals surface area contributed by atoms with Gasteiger partial charge in [-0.25, -0.2) is 9.97 Å². The van der Waals surface area contributed by atoms with Crippen molar-refractivity contribution in [1.82, 2.24) is 29.4 Å². The van der Waals surface area contributed by atoms with Gasteiger partial charge >= 0.3 is 0 Å². The monoisotopic (exact) mass is 334 g/mol. The lowest BCUT2D eigenvalue weighted by molar-refractivity contribution is 0.196. The van der Waals surface area contributed by atoms with Crippen LogP contribution in [0.15, 0.2) is 49.3 Å². The minimum atomic E-state index is 0.412. The molecular weight excluding hydrogens is 312 g/mol. The van der Waals surface area contributed by atoms with Gasteiger partial charge in [-0.15, -0.1) is 0 Å². The van der Waals surface area contributed by atoms with Gasteiger partial charge in [0.05, 0.1) is 17.6 Å². The molecule has 3 aromatic heterocycles. The molecule has 0 saturated carbocycles. The third kappa shape index (κ3) is 3.74. The average Bonchev–Trinajstić information content (AvgIpc) is 3.17. The zero-order valence-electron chi connectivity index (χ0n) is 14.4. The quantitative estimate of drug-likeness (QED) is 0.734. The Kier molecular flexibility index (Phi) is 4.52. The largest absolute Gasteiger partial charge is 0.297 e. The number of rotatable bonds is 4. The van der Waals surface area contributed by atoms with E-state index in [4.69, 9.17) is 4.98 Å². The van der Waals surface area contributed by atoms with Crippen molar-refractivity contribution >= 4 is 0 Å². The highest BCUT2D eigenvalue weighted by Crippen LogP contribution is 2.26. The number of hydrogen-bond donors (Lipinski definition) is 0. The van der Waals surface area contributed by atoms with E-state index in [9.17, 15) is 0 Å². The fourth-order valence-corrected chi connectivity index (χ4v) is 3.44. The molecule has 1 saturated heterocycles. The number of pyridine rings is 1. The fraction of sp³-hybridized carbons (Fsp3) is 0.368. The highest BCUT2D eigenvalue weighted by molar-refractivity contribution is 5.21. The van der Waals surface area contributed by atoms with Gasteiger partial charge in [-0.1, -0.05) is 6.07 Å². The van der Waals surface area contributed by atoms with Crippen molar-refractivity contribution in [3.8, 4) is 5.82 Å². The highest BCUT2D eigenvalue weighted by atomic mass is 15.1. The molecule has 3 aromatic rings. The predicted molar refractivity (Wildman–Crippen MR) is 95.4 cm³/mol. The molecule has 0 aromatic carbocycles. The summed E-state index contributed by atoms with van der Waals surface area (Å²) in [5.74, 6) is 1.24. The van der Waals surface area contributed by atoms with Crippen LogP contribution in [-0.4, -0.2) is 42.5 Å². The zero-order chi connectivity index (χ0) is 17.1. The summed E-state index contributed by atoms with van der Waals surface area (Å²) in [7, 11) is 0. The van der Waals surface area contributed by atoms with Crippen LogP contribution < -0.4 is 0 Å². The third-order valence-electron chi connectivity index (χ3n) is 4.66. The average molecular weight is 334 g/mol. The maximum atomic E-state index is 4.81. The minimum Gasteiger partial charge on any atom is -0.297 e. The summed E-state index contributed by atoms with van der Waals surface area (Å²) in [5, 5.41) is 0. The molecule has 0 radical (unpaired) electrons. The van der Waals surface area contributed by atoms with E-state index < -0.39 is 0 Å². The van der Waals surface area contributed by atoms with Crippen LogP contribution in [-0.2, 0) is 6.54 Å². The molecule has 0 aliphatic carbocycles. The van der Waals surface area contributed by atoms with Crippen LogP contribution in [0.1, 0.15) is 35.8 Å². The summed E-state index contributed by atoms with van der Waals surface area (Å²) in [5.41, 5.74) is 3.27. The van der Waals surface area contributed by atoms with Crippen LogP contribution in [0.4, 0.5) is 0 Å². The van der Waals surface area contributed by atoms with Crippen LogP contribution in [0.3, 0.4) is 0 Å². The van der Waals surface area contributed by atoms with E-state index in [1.54, 1.807) is 18.7 Å². The topological polar surface area (TPSA) is 59.7 Å². The van der Waals surface area contributed by atoms with Gasteiger partial charge in [-0.2, -0.15) is 0 Å². The second kappa shape index (κ2) is 7.11. The van der Waals surface area contributed by atoms with Crippen molar-refractivity contribution in [2.75, 3.05) is 13.1 Å².